The molecule has 21 heavy (non-hydrogen) atoms. The molecule has 0 bridgehead atoms. The fraction of sp³-hybridized carbons (Fsp3) is 0.312. The molecule has 0 aliphatic carbocycles. The van der Waals surface area contributed by atoms with Gasteiger partial charge in [-0.3, -0.25) is 4.79 Å². The number of carbonyl (C=O) groups excluding carboxylic acids is 1. The van der Waals surface area contributed by atoms with E-state index in [1.165, 1.54) is 0 Å². The van der Waals surface area contributed by atoms with Crippen molar-refractivity contribution in [3.8, 4) is 0 Å². The first-order valence-corrected chi connectivity index (χ1v) is 8.15. The number of rotatable bonds is 7. The summed E-state index contributed by atoms with van der Waals surface area (Å²) < 4.78 is 5.47. The molecule has 0 fully saturated rings. The summed E-state index contributed by atoms with van der Waals surface area (Å²) in [6, 6.07) is 12.9. The van der Waals surface area contributed by atoms with E-state index in [0.717, 1.165) is 17.1 Å². The summed E-state index contributed by atoms with van der Waals surface area (Å²) in [7, 11) is 0. The van der Waals surface area contributed by atoms with E-state index in [4.69, 9.17) is 4.42 Å². The number of amides is 1. The Kier molecular flexibility index (Phi) is 5.90. The largest absolute Gasteiger partial charge is 0.455 e. The van der Waals surface area contributed by atoms with Gasteiger partial charge in [0.1, 0.15) is 5.76 Å². The summed E-state index contributed by atoms with van der Waals surface area (Å²) >= 11 is 1.63. The first-order valence-electron chi connectivity index (χ1n) is 6.76. The second-order valence-corrected chi connectivity index (χ2v) is 5.61. The van der Waals surface area contributed by atoms with E-state index in [1.807, 2.05) is 36.6 Å². The van der Waals surface area contributed by atoms with Crippen molar-refractivity contribution < 1.29 is 14.3 Å². The monoisotopic (exact) mass is 305 g/mol. The van der Waals surface area contributed by atoms with Crippen LogP contribution in [-0.4, -0.2) is 29.9 Å². The highest BCUT2D eigenvalue weighted by atomic mass is 32.2. The van der Waals surface area contributed by atoms with Gasteiger partial charge in [-0.2, -0.15) is 11.8 Å². The van der Waals surface area contributed by atoms with Gasteiger partial charge in [0.15, 0.2) is 5.76 Å². The SMILES string of the molecule is CSCc1ccc(C(=O)N[C@H](CO)Cc2ccccc2)o1. The molecule has 1 aromatic heterocycles. The molecule has 1 atom stereocenters. The Morgan fingerprint density at radius 3 is 2.71 bits per heavy atom. The van der Waals surface area contributed by atoms with Gasteiger partial charge < -0.3 is 14.8 Å². The first-order chi connectivity index (χ1) is 10.2. The molecule has 112 valence electrons. The summed E-state index contributed by atoms with van der Waals surface area (Å²) in [4.78, 5) is 12.1. The van der Waals surface area contributed by atoms with Crippen LogP contribution in [0.5, 0.6) is 0 Å². The third-order valence-electron chi connectivity index (χ3n) is 3.05. The second-order valence-electron chi connectivity index (χ2n) is 4.74. The van der Waals surface area contributed by atoms with Crippen LogP contribution in [0.25, 0.3) is 0 Å². The highest BCUT2D eigenvalue weighted by Crippen LogP contribution is 2.13. The molecule has 0 aliphatic rings. The molecule has 5 heteroatoms. The minimum atomic E-state index is -0.325. The van der Waals surface area contributed by atoms with Gasteiger partial charge in [-0.1, -0.05) is 30.3 Å². The summed E-state index contributed by atoms with van der Waals surface area (Å²) in [5, 5.41) is 12.2. The molecule has 0 spiro atoms. The van der Waals surface area contributed by atoms with Crippen molar-refractivity contribution in [1.82, 2.24) is 5.32 Å². The second kappa shape index (κ2) is 7.90. The van der Waals surface area contributed by atoms with Gasteiger partial charge in [-0.25, -0.2) is 0 Å². The summed E-state index contributed by atoms with van der Waals surface area (Å²) in [6.45, 7) is -0.112. The van der Waals surface area contributed by atoms with Gasteiger partial charge in [0.05, 0.1) is 18.4 Å². The molecule has 0 saturated heterocycles. The fourth-order valence-electron chi connectivity index (χ4n) is 2.04. The van der Waals surface area contributed by atoms with Gasteiger partial charge in [0.2, 0.25) is 0 Å². The summed E-state index contributed by atoms with van der Waals surface area (Å²) in [6.07, 6.45) is 2.56. The molecule has 4 nitrogen and oxygen atoms in total. The van der Waals surface area contributed by atoms with Crippen molar-refractivity contribution in [1.29, 1.82) is 0 Å². The number of furan rings is 1. The Morgan fingerprint density at radius 1 is 1.29 bits per heavy atom. The van der Waals surface area contributed by atoms with E-state index in [2.05, 4.69) is 5.32 Å². The normalized spacial score (nSPS) is 12.1. The van der Waals surface area contributed by atoms with Crippen LogP contribution in [0.2, 0.25) is 0 Å². The number of benzene rings is 1. The lowest BCUT2D eigenvalue weighted by Crippen LogP contribution is -2.38. The topological polar surface area (TPSA) is 62.5 Å². The molecular weight excluding hydrogens is 286 g/mol. The third-order valence-corrected chi connectivity index (χ3v) is 3.63. The smallest absolute Gasteiger partial charge is 0.287 e. The zero-order valence-corrected chi connectivity index (χ0v) is 12.7. The van der Waals surface area contributed by atoms with E-state index < -0.39 is 0 Å². The van der Waals surface area contributed by atoms with Gasteiger partial charge in [-0.05, 0) is 30.4 Å². The van der Waals surface area contributed by atoms with Crippen LogP contribution in [-0.2, 0) is 12.2 Å². The van der Waals surface area contributed by atoms with Crippen molar-refractivity contribution in [2.45, 2.75) is 18.2 Å². The molecule has 1 aromatic carbocycles. The fourth-order valence-corrected chi connectivity index (χ4v) is 2.48. The maximum absolute atomic E-state index is 12.1. The van der Waals surface area contributed by atoms with Crippen LogP contribution in [0, 0.1) is 0 Å². The molecule has 2 N–H and O–H groups in total. The number of nitrogens with one attached hydrogen (secondary N) is 1. The van der Waals surface area contributed by atoms with E-state index in [0.29, 0.717) is 6.42 Å². The van der Waals surface area contributed by atoms with Gasteiger partial charge >= 0.3 is 0 Å². The van der Waals surface area contributed by atoms with Gasteiger partial charge in [0, 0.05) is 0 Å². The van der Waals surface area contributed by atoms with Crippen molar-refractivity contribution in [3.63, 3.8) is 0 Å². The predicted molar refractivity (Wildman–Crippen MR) is 84.4 cm³/mol. The third kappa shape index (κ3) is 4.65. The Morgan fingerprint density at radius 2 is 2.05 bits per heavy atom. The molecule has 0 unspecified atom stereocenters. The maximum atomic E-state index is 12.1. The van der Waals surface area contributed by atoms with E-state index >= 15 is 0 Å². The van der Waals surface area contributed by atoms with Crippen molar-refractivity contribution in [2.75, 3.05) is 12.9 Å². The lowest BCUT2D eigenvalue weighted by Gasteiger charge is -2.15. The Labute approximate surface area is 128 Å². The zero-order chi connectivity index (χ0) is 15.1. The van der Waals surface area contributed by atoms with Gasteiger partial charge in [-0.15, -0.1) is 0 Å². The standard InChI is InChI=1S/C16H19NO3S/c1-21-11-14-7-8-15(20-14)16(19)17-13(10-18)9-12-5-3-2-4-6-12/h2-8,13,18H,9-11H2,1H3,(H,17,19)/t13-/m0/s1. The predicted octanol–water partition coefficient (Wildman–Crippen LogP) is 2.48. The Hall–Kier alpha value is -1.72. The molecule has 0 radical (unpaired) electrons. The van der Waals surface area contributed by atoms with Crippen LogP contribution < -0.4 is 5.32 Å². The van der Waals surface area contributed by atoms with Crippen molar-refractivity contribution in [3.05, 3.63) is 59.5 Å². The van der Waals surface area contributed by atoms with Crippen LogP contribution in [0.4, 0.5) is 0 Å². The maximum Gasteiger partial charge on any atom is 0.287 e. The number of thioether (sulfide) groups is 1. The molecule has 2 rings (SSSR count). The number of hydrogen-bond acceptors (Lipinski definition) is 4. The average Bonchev–Trinajstić information content (AvgIpc) is 2.97. The Balaban J connectivity index is 1.95. The van der Waals surface area contributed by atoms with E-state index in [9.17, 15) is 9.90 Å². The van der Waals surface area contributed by atoms with Crippen LogP contribution in [0.3, 0.4) is 0 Å². The summed E-state index contributed by atoms with van der Waals surface area (Å²) in [5.41, 5.74) is 1.07. The number of carbonyl (C=O) groups is 1. The minimum absolute atomic E-state index is 0.112. The number of hydrogen-bond donors (Lipinski definition) is 2. The van der Waals surface area contributed by atoms with Crippen molar-refractivity contribution in [2.24, 2.45) is 0 Å². The van der Waals surface area contributed by atoms with E-state index in [1.54, 1.807) is 23.9 Å². The molecule has 1 amide bonds. The summed E-state index contributed by atoms with van der Waals surface area (Å²) in [5.74, 6) is 1.50. The van der Waals surface area contributed by atoms with Crippen molar-refractivity contribution >= 4 is 17.7 Å². The van der Waals surface area contributed by atoms with Crippen LogP contribution >= 0.6 is 11.8 Å². The quantitative estimate of drug-likeness (QED) is 0.825. The van der Waals surface area contributed by atoms with Crippen LogP contribution in [0.15, 0.2) is 46.9 Å². The minimum Gasteiger partial charge on any atom is -0.455 e. The van der Waals surface area contributed by atoms with Crippen LogP contribution in [0.1, 0.15) is 21.9 Å². The zero-order valence-electron chi connectivity index (χ0n) is 11.9. The lowest BCUT2D eigenvalue weighted by atomic mass is 10.1. The molecule has 0 aliphatic heterocycles. The molecular formula is C16H19NO3S. The highest BCUT2D eigenvalue weighted by Gasteiger charge is 2.16. The van der Waals surface area contributed by atoms with E-state index in [-0.39, 0.29) is 24.3 Å². The molecule has 0 saturated carbocycles. The number of aliphatic hydroxyl groups is 1. The highest BCUT2D eigenvalue weighted by molar-refractivity contribution is 7.97. The average molecular weight is 305 g/mol. The molecule has 2 aromatic rings. The van der Waals surface area contributed by atoms with Gasteiger partial charge in [0.25, 0.3) is 5.91 Å². The molecule has 1 heterocycles. The number of aliphatic hydroxyl groups excluding tert-OH is 1. The Bertz CT molecular complexity index is 568. The first kappa shape index (κ1) is 15.7. The lowest BCUT2D eigenvalue weighted by molar-refractivity contribution is 0.0887.